The van der Waals surface area contributed by atoms with Crippen molar-refractivity contribution in [3.8, 4) is 0 Å². The van der Waals surface area contributed by atoms with E-state index in [9.17, 15) is 19.2 Å². The molecule has 0 radical (unpaired) electrons. The smallest absolute Gasteiger partial charge is 0.337 e. The first-order valence-corrected chi connectivity index (χ1v) is 9.35. The maximum atomic E-state index is 13.1. The van der Waals surface area contributed by atoms with Crippen molar-refractivity contribution in [2.45, 2.75) is 26.3 Å². The molecule has 0 saturated carbocycles. The molecule has 2 aromatic rings. The Morgan fingerprint density at radius 3 is 2.03 bits per heavy atom. The number of carbonyl (C=O) groups is 4. The van der Waals surface area contributed by atoms with Crippen LogP contribution in [0.3, 0.4) is 0 Å². The number of nitrogens with zero attached hydrogens (tertiary/aromatic N) is 1. The van der Waals surface area contributed by atoms with Crippen molar-refractivity contribution in [3.63, 3.8) is 0 Å². The van der Waals surface area contributed by atoms with E-state index in [1.54, 1.807) is 36.4 Å². The molecule has 3 amide bonds. The average Bonchev–Trinajstić information content (AvgIpc) is 2.99. The van der Waals surface area contributed by atoms with Crippen LogP contribution in [-0.2, 0) is 9.53 Å². The third-order valence-corrected chi connectivity index (χ3v) is 5.13. The van der Waals surface area contributed by atoms with E-state index in [-0.39, 0.29) is 5.92 Å². The second-order valence-electron chi connectivity index (χ2n) is 6.91. The summed E-state index contributed by atoms with van der Waals surface area (Å²) in [6.07, 6.45) is 0.604. The quantitative estimate of drug-likeness (QED) is 0.600. The second-order valence-corrected chi connectivity index (χ2v) is 6.91. The molecule has 7 nitrogen and oxygen atoms in total. The van der Waals surface area contributed by atoms with Crippen LogP contribution in [0.25, 0.3) is 0 Å². The molecular weight excluding hydrogens is 372 g/mol. The van der Waals surface area contributed by atoms with Crippen molar-refractivity contribution < 1.29 is 23.9 Å². The van der Waals surface area contributed by atoms with Crippen LogP contribution in [0, 0.1) is 5.92 Å². The van der Waals surface area contributed by atoms with Crippen LogP contribution in [0.15, 0.2) is 48.5 Å². The van der Waals surface area contributed by atoms with E-state index in [0.717, 1.165) is 4.90 Å². The maximum absolute atomic E-state index is 13.1. The minimum absolute atomic E-state index is 0.244. The molecule has 1 N–H and O–H groups in total. The first kappa shape index (κ1) is 20.3. The summed E-state index contributed by atoms with van der Waals surface area (Å²) in [4.78, 5) is 51.4. The highest BCUT2D eigenvalue weighted by molar-refractivity contribution is 6.23. The fourth-order valence-corrected chi connectivity index (χ4v) is 3.34. The first-order chi connectivity index (χ1) is 13.9. The predicted octanol–water partition coefficient (Wildman–Crippen LogP) is 3.12. The molecule has 3 rings (SSSR count). The Labute approximate surface area is 168 Å². The molecule has 2 atom stereocenters. The Morgan fingerprint density at radius 2 is 1.55 bits per heavy atom. The number of fused-ring (bicyclic) bond motifs is 1. The van der Waals surface area contributed by atoms with Gasteiger partial charge in [0.15, 0.2) is 0 Å². The van der Waals surface area contributed by atoms with Crippen LogP contribution in [0.2, 0.25) is 0 Å². The lowest BCUT2D eigenvalue weighted by molar-refractivity contribution is -0.121. The van der Waals surface area contributed by atoms with Crippen molar-refractivity contribution in [2.24, 2.45) is 5.92 Å². The number of nitrogens with one attached hydrogen (secondary N) is 1. The monoisotopic (exact) mass is 394 g/mol. The minimum Gasteiger partial charge on any atom is -0.465 e. The largest absolute Gasteiger partial charge is 0.465 e. The summed E-state index contributed by atoms with van der Waals surface area (Å²) in [6, 6.07) is 11.8. The van der Waals surface area contributed by atoms with Crippen molar-refractivity contribution in [3.05, 3.63) is 65.2 Å². The van der Waals surface area contributed by atoms with Gasteiger partial charge >= 0.3 is 5.97 Å². The highest BCUT2D eigenvalue weighted by atomic mass is 16.5. The SMILES string of the molecule is CCC(C)C(C(=O)Nc1ccc(C(=O)OC)cc1)N1C(=O)c2ccccc2C1=O. The number of benzene rings is 2. The standard InChI is InChI=1S/C22H22N2O5/c1-4-13(2)18(24-20(26)16-7-5-6-8-17(16)21(24)27)19(25)23-15-11-9-14(10-12-15)22(28)29-3/h5-13,18H,4H2,1-3H3,(H,23,25). The van der Waals surface area contributed by atoms with Gasteiger partial charge in [-0.2, -0.15) is 0 Å². The van der Waals surface area contributed by atoms with Crippen LogP contribution in [0.1, 0.15) is 51.3 Å². The number of amides is 3. The van der Waals surface area contributed by atoms with E-state index in [1.807, 2.05) is 13.8 Å². The van der Waals surface area contributed by atoms with Crippen LogP contribution < -0.4 is 5.32 Å². The predicted molar refractivity (Wildman–Crippen MR) is 107 cm³/mol. The summed E-state index contributed by atoms with van der Waals surface area (Å²) in [5.74, 6) is -2.11. The van der Waals surface area contributed by atoms with Gasteiger partial charge in [-0.15, -0.1) is 0 Å². The number of imide groups is 1. The topological polar surface area (TPSA) is 92.8 Å². The third-order valence-electron chi connectivity index (χ3n) is 5.13. The van der Waals surface area contributed by atoms with Gasteiger partial charge in [0.05, 0.1) is 23.8 Å². The van der Waals surface area contributed by atoms with Crippen LogP contribution in [-0.4, -0.2) is 41.7 Å². The summed E-state index contributed by atoms with van der Waals surface area (Å²) in [5, 5.41) is 2.75. The number of carbonyl (C=O) groups excluding carboxylic acids is 4. The van der Waals surface area contributed by atoms with Gasteiger partial charge in [-0.3, -0.25) is 19.3 Å². The summed E-state index contributed by atoms with van der Waals surface area (Å²) >= 11 is 0. The van der Waals surface area contributed by atoms with Gasteiger partial charge in [-0.25, -0.2) is 4.79 Å². The van der Waals surface area contributed by atoms with E-state index in [0.29, 0.717) is 28.8 Å². The molecule has 0 spiro atoms. The highest BCUT2D eigenvalue weighted by Crippen LogP contribution is 2.29. The molecule has 2 unspecified atom stereocenters. The molecule has 29 heavy (non-hydrogen) atoms. The van der Waals surface area contributed by atoms with E-state index in [2.05, 4.69) is 10.1 Å². The first-order valence-electron chi connectivity index (χ1n) is 9.35. The van der Waals surface area contributed by atoms with Crippen molar-refractivity contribution in [2.75, 3.05) is 12.4 Å². The van der Waals surface area contributed by atoms with E-state index in [1.165, 1.54) is 19.2 Å². The van der Waals surface area contributed by atoms with Crippen LogP contribution in [0.4, 0.5) is 5.69 Å². The molecular formula is C22H22N2O5. The Bertz CT molecular complexity index is 932. The Hall–Kier alpha value is -3.48. The van der Waals surface area contributed by atoms with E-state index < -0.39 is 29.7 Å². The summed E-state index contributed by atoms with van der Waals surface area (Å²) in [5.41, 5.74) is 1.42. The molecule has 1 aliphatic rings. The Kier molecular flexibility index (Phi) is 5.77. The molecule has 1 heterocycles. The number of esters is 1. The number of hydrogen-bond donors (Lipinski definition) is 1. The van der Waals surface area contributed by atoms with Crippen LogP contribution >= 0.6 is 0 Å². The minimum atomic E-state index is -0.951. The Morgan fingerprint density at radius 1 is 1.00 bits per heavy atom. The van der Waals surface area contributed by atoms with Crippen molar-refractivity contribution in [1.29, 1.82) is 0 Å². The maximum Gasteiger partial charge on any atom is 0.337 e. The van der Waals surface area contributed by atoms with Crippen molar-refractivity contribution in [1.82, 2.24) is 4.90 Å². The van der Waals surface area contributed by atoms with E-state index >= 15 is 0 Å². The zero-order valence-corrected chi connectivity index (χ0v) is 16.5. The number of anilines is 1. The molecule has 2 aromatic carbocycles. The van der Waals surface area contributed by atoms with Gasteiger partial charge in [0, 0.05) is 5.69 Å². The van der Waals surface area contributed by atoms with Gasteiger partial charge in [0.2, 0.25) is 5.91 Å². The summed E-state index contributed by atoms with van der Waals surface area (Å²) in [6.45, 7) is 3.72. The fraction of sp³-hybridized carbons (Fsp3) is 0.273. The number of methoxy groups -OCH3 is 1. The van der Waals surface area contributed by atoms with Gasteiger partial charge in [-0.05, 0) is 42.3 Å². The molecule has 1 aliphatic heterocycles. The van der Waals surface area contributed by atoms with Gasteiger partial charge in [-0.1, -0.05) is 32.4 Å². The highest BCUT2D eigenvalue weighted by Gasteiger charge is 2.44. The molecule has 0 bridgehead atoms. The normalized spacial score (nSPS) is 14.9. The van der Waals surface area contributed by atoms with Crippen molar-refractivity contribution >= 4 is 29.4 Å². The lowest BCUT2D eigenvalue weighted by atomic mass is 9.96. The molecule has 0 fully saturated rings. The van der Waals surface area contributed by atoms with Gasteiger partial charge in [0.1, 0.15) is 6.04 Å². The Balaban J connectivity index is 1.86. The van der Waals surface area contributed by atoms with Crippen LogP contribution in [0.5, 0.6) is 0 Å². The second kappa shape index (κ2) is 8.26. The molecule has 0 aliphatic carbocycles. The zero-order valence-electron chi connectivity index (χ0n) is 16.5. The number of rotatable bonds is 6. The summed E-state index contributed by atoms with van der Waals surface area (Å²) < 4.78 is 4.66. The number of hydrogen-bond acceptors (Lipinski definition) is 5. The molecule has 150 valence electrons. The lowest BCUT2D eigenvalue weighted by Gasteiger charge is -2.29. The number of ether oxygens (including phenoxy) is 1. The summed E-state index contributed by atoms with van der Waals surface area (Å²) in [7, 11) is 1.29. The van der Waals surface area contributed by atoms with Gasteiger partial charge in [0.25, 0.3) is 11.8 Å². The molecule has 0 aromatic heterocycles. The average molecular weight is 394 g/mol. The van der Waals surface area contributed by atoms with E-state index in [4.69, 9.17) is 0 Å². The van der Waals surface area contributed by atoms with Gasteiger partial charge < -0.3 is 10.1 Å². The lowest BCUT2D eigenvalue weighted by Crippen LogP contribution is -2.50. The molecule has 7 heteroatoms. The zero-order chi connectivity index (χ0) is 21.1. The third kappa shape index (κ3) is 3.76. The fourth-order valence-electron chi connectivity index (χ4n) is 3.34. The molecule has 0 saturated heterocycles.